The summed E-state index contributed by atoms with van der Waals surface area (Å²) < 4.78 is 31.8. The lowest BCUT2D eigenvalue weighted by Gasteiger charge is -2.07. The molecular formula is C18H30MgO3S. The Morgan fingerprint density at radius 2 is 1.30 bits per heavy atom. The average Bonchev–Trinajstić information content (AvgIpc) is 2.48. The van der Waals surface area contributed by atoms with Gasteiger partial charge in [0.05, 0.1) is 4.90 Å². The molecule has 0 unspecified atom stereocenters. The van der Waals surface area contributed by atoms with Gasteiger partial charge < -0.3 is 0 Å². The van der Waals surface area contributed by atoms with E-state index in [1.165, 1.54) is 57.4 Å². The van der Waals surface area contributed by atoms with Crippen LogP contribution in [0.4, 0.5) is 0 Å². The maximum Gasteiger partial charge on any atom is 0.294 e. The van der Waals surface area contributed by atoms with Gasteiger partial charge in [-0.25, -0.2) is 0 Å². The fourth-order valence-electron chi connectivity index (χ4n) is 2.76. The van der Waals surface area contributed by atoms with E-state index in [0.29, 0.717) is 6.42 Å². The van der Waals surface area contributed by atoms with Gasteiger partial charge in [-0.15, -0.1) is 0 Å². The topological polar surface area (TPSA) is 54.4 Å². The van der Waals surface area contributed by atoms with E-state index in [4.69, 9.17) is 0 Å². The maximum absolute atomic E-state index is 11.3. The highest BCUT2D eigenvalue weighted by Gasteiger charge is 2.13. The molecule has 1 N–H and O–H groups in total. The van der Waals surface area contributed by atoms with E-state index in [2.05, 4.69) is 6.92 Å². The van der Waals surface area contributed by atoms with Crippen molar-refractivity contribution in [1.29, 1.82) is 0 Å². The molecule has 0 aliphatic rings. The zero-order valence-corrected chi connectivity index (χ0v) is 16.7. The summed E-state index contributed by atoms with van der Waals surface area (Å²) >= 11 is 0. The Labute approximate surface area is 158 Å². The molecule has 0 aromatic heterocycles. The highest BCUT2D eigenvalue weighted by Crippen LogP contribution is 2.18. The second kappa shape index (κ2) is 13.2. The van der Waals surface area contributed by atoms with Crippen molar-refractivity contribution in [3.8, 4) is 0 Å². The van der Waals surface area contributed by atoms with Crippen molar-refractivity contribution in [1.82, 2.24) is 0 Å². The molecule has 0 spiro atoms. The van der Waals surface area contributed by atoms with Crippen LogP contribution in [0.3, 0.4) is 0 Å². The second-order valence-electron chi connectivity index (χ2n) is 6.01. The van der Waals surface area contributed by atoms with Crippen LogP contribution in [0.5, 0.6) is 0 Å². The first-order valence-corrected chi connectivity index (χ1v) is 10.0. The SMILES string of the molecule is CCCCCCCCCCCCc1ccccc1S(=O)(=O)O.[Mg]. The number of hydrogen-bond acceptors (Lipinski definition) is 2. The quantitative estimate of drug-likeness (QED) is 0.327. The first kappa shape index (κ1) is 22.9. The number of rotatable bonds is 12. The van der Waals surface area contributed by atoms with Crippen LogP contribution in [-0.2, 0) is 16.5 Å². The summed E-state index contributed by atoms with van der Waals surface area (Å²) in [7, 11) is -4.10. The average molecular weight is 351 g/mol. The van der Waals surface area contributed by atoms with Gasteiger partial charge in [-0.3, -0.25) is 4.55 Å². The van der Waals surface area contributed by atoms with E-state index in [1.807, 2.05) is 6.07 Å². The molecule has 3 nitrogen and oxygen atoms in total. The number of aryl methyl sites for hydroxylation is 1. The molecule has 0 aliphatic carbocycles. The number of benzene rings is 1. The molecule has 2 radical (unpaired) electrons. The third-order valence-corrected chi connectivity index (χ3v) is 5.00. The Hall–Kier alpha value is -0.104. The van der Waals surface area contributed by atoms with Crippen molar-refractivity contribution < 1.29 is 13.0 Å². The van der Waals surface area contributed by atoms with Crippen LogP contribution in [0.25, 0.3) is 0 Å². The molecule has 0 amide bonds. The molecular weight excluding hydrogens is 321 g/mol. The zero-order chi connectivity index (χ0) is 16.3. The summed E-state index contributed by atoms with van der Waals surface area (Å²) in [6.07, 6.45) is 13.3. The maximum atomic E-state index is 11.3. The fraction of sp³-hybridized carbons (Fsp3) is 0.667. The van der Waals surface area contributed by atoms with Gasteiger partial charge in [0, 0.05) is 23.1 Å². The largest absolute Gasteiger partial charge is 0.294 e. The van der Waals surface area contributed by atoms with Crippen LogP contribution in [-0.4, -0.2) is 36.0 Å². The monoisotopic (exact) mass is 350 g/mol. The van der Waals surface area contributed by atoms with Crippen molar-refractivity contribution >= 4 is 33.2 Å². The van der Waals surface area contributed by atoms with E-state index in [9.17, 15) is 13.0 Å². The highest BCUT2D eigenvalue weighted by molar-refractivity contribution is 7.85. The molecule has 0 saturated carbocycles. The van der Waals surface area contributed by atoms with Crippen LogP contribution < -0.4 is 0 Å². The lowest BCUT2D eigenvalue weighted by Crippen LogP contribution is -2.03. The summed E-state index contributed by atoms with van der Waals surface area (Å²) in [5.74, 6) is 0. The Morgan fingerprint density at radius 3 is 1.83 bits per heavy atom. The van der Waals surface area contributed by atoms with Gasteiger partial charge in [-0.1, -0.05) is 82.9 Å². The first-order chi connectivity index (χ1) is 10.6. The molecule has 0 atom stereocenters. The molecule has 0 aliphatic heterocycles. The van der Waals surface area contributed by atoms with Crippen LogP contribution in [0.15, 0.2) is 29.2 Å². The molecule has 0 fully saturated rings. The molecule has 0 saturated heterocycles. The van der Waals surface area contributed by atoms with Crippen LogP contribution >= 0.6 is 0 Å². The van der Waals surface area contributed by atoms with E-state index >= 15 is 0 Å². The van der Waals surface area contributed by atoms with E-state index in [0.717, 1.165) is 18.4 Å². The first-order valence-electron chi connectivity index (χ1n) is 8.61. The van der Waals surface area contributed by atoms with Crippen molar-refractivity contribution in [2.24, 2.45) is 0 Å². The molecule has 0 bridgehead atoms. The standard InChI is InChI=1S/C18H30O3S.Mg/c1-2-3-4-5-6-7-8-9-10-11-14-17-15-12-13-16-18(17)22(19,20)21;/h12-13,15-16H,2-11,14H2,1H3,(H,19,20,21);. The summed E-state index contributed by atoms with van der Waals surface area (Å²) in [6.45, 7) is 2.24. The summed E-state index contributed by atoms with van der Waals surface area (Å²) in [5.41, 5.74) is 0.726. The van der Waals surface area contributed by atoms with Gasteiger partial charge in [-0.2, -0.15) is 8.42 Å². The van der Waals surface area contributed by atoms with Crippen molar-refractivity contribution in [2.45, 2.75) is 82.4 Å². The van der Waals surface area contributed by atoms with Crippen molar-refractivity contribution in [3.05, 3.63) is 29.8 Å². The minimum atomic E-state index is -4.10. The predicted octanol–water partition coefficient (Wildman–Crippen LogP) is 5.02. The fourth-order valence-corrected chi connectivity index (χ4v) is 3.52. The Bertz CT molecular complexity index is 515. The summed E-state index contributed by atoms with van der Waals surface area (Å²) in [6, 6.07) is 6.73. The third kappa shape index (κ3) is 10.4. The van der Waals surface area contributed by atoms with E-state index in [1.54, 1.807) is 12.1 Å². The molecule has 1 aromatic carbocycles. The molecule has 128 valence electrons. The predicted molar refractivity (Wildman–Crippen MR) is 97.6 cm³/mol. The normalized spacial score (nSPS) is 11.2. The molecule has 1 aromatic rings. The molecule has 23 heavy (non-hydrogen) atoms. The number of unbranched alkanes of at least 4 members (excludes halogenated alkanes) is 9. The Kier molecular flexibility index (Phi) is 13.2. The third-order valence-electron chi connectivity index (χ3n) is 4.05. The van der Waals surface area contributed by atoms with E-state index < -0.39 is 10.1 Å². The lowest BCUT2D eigenvalue weighted by molar-refractivity contribution is 0.481. The zero-order valence-electron chi connectivity index (χ0n) is 14.5. The lowest BCUT2D eigenvalue weighted by atomic mass is 10.0. The minimum absolute atomic E-state index is 0. The Morgan fingerprint density at radius 1 is 0.826 bits per heavy atom. The molecule has 5 heteroatoms. The van der Waals surface area contributed by atoms with Crippen LogP contribution in [0.2, 0.25) is 0 Å². The Balaban J connectivity index is 0.00000484. The van der Waals surface area contributed by atoms with Gasteiger partial charge in [0.2, 0.25) is 0 Å². The van der Waals surface area contributed by atoms with E-state index in [-0.39, 0.29) is 27.9 Å². The highest BCUT2D eigenvalue weighted by atomic mass is 32.2. The van der Waals surface area contributed by atoms with Gasteiger partial charge in [0.15, 0.2) is 0 Å². The summed E-state index contributed by atoms with van der Waals surface area (Å²) in [4.78, 5) is 0.0610. The van der Waals surface area contributed by atoms with Gasteiger partial charge in [-0.05, 0) is 24.5 Å². The molecule has 0 heterocycles. The number of hydrogen-bond donors (Lipinski definition) is 1. The smallest absolute Gasteiger partial charge is 0.282 e. The van der Waals surface area contributed by atoms with Gasteiger partial charge in [0.1, 0.15) is 0 Å². The van der Waals surface area contributed by atoms with Crippen LogP contribution in [0.1, 0.15) is 76.7 Å². The minimum Gasteiger partial charge on any atom is -0.282 e. The molecule has 1 rings (SSSR count). The summed E-state index contributed by atoms with van der Waals surface area (Å²) in [5, 5.41) is 0. The van der Waals surface area contributed by atoms with Crippen molar-refractivity contribution in [2.75, 3.05) is 0 Å². The van der Waals surface area contributed by atoms with Gasteiger partial charge in [0.25, 0.3) is 10.1 Å². The second-order valence-corrected chi connectivity index (χ2v) is 7.40. The van der Waals surface area contributed by atoms with Crippen molar-refractivity contribution in [3.63, 3.8) is 0 Å². The van der Waals surface area contributed by atoms with Gasteiger partial charge >= 0.3 is 0 Å². The van der Waals surface area contributed by atoms with Crippen LogP contribution in [0, 0.1) is 0 Å².